The minimum absolute atomic E-state index is 0.332. The van der Waals surface area contributed by atoms with Gasteiger partial charge in [-0.05, 0) is 31.0 Å². The third-order valence-corrected chi connectivity index (χ3v) is 2.95. The Balaban J connectivity index is 2.36. The fraction of sp³-hybridized carbons (Fsp3) is 0.308. The standard InChI is InChI=1S/C13H15N3O3/c1-3-10(13(18)19)15-12(17)9-5-7(2)4-8-6-14-16-11(8)9/h4-6,10H,3H2,1-2H3,(H,14,16)(H,15,17)(H,18,19). The maximum Gasteiger partial charge on any atom is 0.326 e. The number of nitrogens with one attached hydrogen (secondary N) is 2. The van der Waals surface area contributed by atoms with Crippen molar-refractivity contribution >= 4 is 22.8 Å². The van der Waals surface area contributed by atoms with Crippen LogP contribution in [0.4, 0.5) is 0 Å². The largest absolute Gasteiger partial charge is 0.480 e. The summed E-state index contributed by atoms with van der Waals surface area (Å²) in [5, 5.41) is 19.0. The minimum atomic E-state index is -1.04. The summed E-state index contributed by atoms with van der Waals surface area (Å²) in [7, 11) is 0. The van der Waals surface area contributed by atoms with Gasteiger partial charge < -0.3 is 10.4 Å². The summed E-state index contributed by atoms with van der Waals surface area (Å²) in [5.41, 5.74) is 1.94. The van der Waals surface area contributed by atoms with Crippen LogP contribution in [0.15, 0.2) is 18.3 Å². The topological polar surface area (TPSA) is 95.1 Å². The van der Waals surface area contributed by atoms with Crippen LogP contribution in [0.1, 0.15) is 29.3 Å². The molecule has 0 radical (unpaired) electrons. The van der Waals surface area contributed by atoms with Crippen LogP contribution in [0, 0.1) is 6.92 Å². The molecule has 6 nitrogen and oxygen atoms in total. The van der Waals surface area contributed by atoms with Gasteiger partial charge in [0.05, 0.1) is 17.3 Å². The van der Waals surface area contributed by atoms with Crippen molar-refractivity contribution in [2.45, 2.75) is 26.3 Å². The maximum atomic E-state index is 12.2. The average molecular weight is 261 g/mol. The second-order valence-electron chi connectivity index (χ2n) is 4.42. The van der Waals surface area contributed by atoms with Gasteiger partial charge in [-0.1, -0.05) is 6.92 Å². The third-order valence-electron chi connectivity index (χ3n) is 2.95. The number of fused-ring (bicyclic) bond motifs is 1. The Hall–Kier alpha value is -2.37. The molecule has 1 aromatic carbocycles. The van der Waals surface area contributed by atoms with E-state index in [1.807, 2.05) is 13.0 Å². The molecule has 1 unspecified atom stereocenters. The number of hydrogen-bond donors (Lipinski definition) is 3. The zero-order chi connectivity index (χ0) is 14.0. The molecule has 0 saturated carbocycles. The molecule has 1 amide bonds. The summed E-state index contributed by atoms with van der Waals surface area (Å²) in [6.07, 6.45) is 1.96. The number of aryl methyl sites for hydroxylation is 1. The van der Waals surface area contributed by atoms with Crippen LogP contribution >= 0.6 is 0 Å². The fourth-order valence-corrected chi connectivity index (χ4v) is 1.96. The van der Waals surface area contributed by atoms with Crippen molar-refractivity contribution in [2.24, 2.45) is 0 Å². The van der Waals surface area contributed by atoms with Crippen LogP contribution in [0.5, 0.6) is 0 Å². The van der Waals surface area contributed by atoms with Crippen molar-refractivity contribution in [1.82, 2.24) is 15.5 Å². The van der Waals surface area contributed by atoms with Gasteiger partial charge >= 0.3 is 5.97 Å². The van der Waals surface area contributed by atoms with E-state index in [4.69, 9.17) is 5.11 Å². The maximum absolute atomic E-state index is 12.2. The molecule has 0 bridgehead atoms. The molecule has 0 saturated heterocycles. The predicted octanol–water partition coefficient (Wildman–Crippen LogP) is 1.46. The summed E-state index contributed by atoms with van der Waals surface area (Å²) in [6, 6.07) is 2.74. The number of nitrogens with zero attached hydrogens (tertiary/aromatic N) is 1. The molecule has 2 rings (SSSR count). The first-order valence-electron chi connectivity index (χ1n) is 6.00. The van der Waals surface area contributed by atoms with Crippen molar-refractivity contribution in [3.63, 3.8) is 0 Å². The highest BCUT2D eigenvalue weighted by molar-refractivity contribution is 6.06. The molecule has 1 heterocycles. The van der Waals surface area contributed by atoms with E-state index in [0.717, 1.165) is 10.9 Å². The highest BCUT2D eigenvalue weighted by Gasteiger charge is 2.20. The minimum Gasteiger partial charge on any atom is -0.480 e. The molecule has 6 heteroatoms. The van der Waals surface area contributed by atoms with Crippen LogP contribution in [-0.2, 0) is 4.79 Å². The number of aromatic amines is 1. The van der Waals surface area contributed by atoms with E-state index in [0.29, 0.717) is 17.5 Å². The second kappa shape index (κ2) is 5.09. The molecule has 1 aromatic heterocycles. The number of carbonyl (C=O) groups excluding carboxylic acids is 1. The van der Waals surface area contributed by atoms with Gasteiger partial charge in [0.2, 0.25) is 0 Å². The second-order valence-corrected chi connectivity index (χ2v) is 4.42. The van der Waals surface area contributed by atoms with E-state index in [2.05, 4.69) is 15.5 Å². The number of carboxylic acids is 1. The number of benzene rings is 1. The normalized spacial score (nSPS) is 12.3. The van der Waals surface area contributed by atoms with Crippen LogP contribution < -0.4 is 5.32 Å². The van der Waals surface area contributed by atoms with Crippen LogP contribution in [-0.4, -0.2) is 33.2 Å². The Morgan fingerprint density at radius 2 is 2.21 bits per heavy atom. The van der Waals surface area contributed by atoms with Gasteiger partial charge in [0, 0.05) is 5.39 Å². The fourth-order valence-electron chi connectivity index (χ4n) is 1.96. The number of rotatable bonds is 4. The molecule has 19 heavy (non-hydrogen) atoms. The van der Waals surface area contributed by atoms with Gasteiger partial charge in [0.1, 0.15) is 6.04 Å². The van der Waals surface area contributed by atoms with E-state index in [-0.39, 0.29) is 0 Å². The molecule has 0 fully saturated rings. The lowest BCUT2D eigenvalue weighted by atomic mass is 10.1. The van der Waals surface area contributed by atoms with E-state index in [9.17, 15) is 9.59 Å². The zero-order valence-electron chi connectivity index (χ0n) is 10.7. The molecule has 0 aliphatic heterocycles. The van der Waals surface area contributed by atoms with Crippen molar-refractivity contribution < 1.29 is 14.7 Å². The smallest absolute Gasteiger partial charge is 0.326 e. The average Bonchev–Trinajstić information content (AvgIpc) is 2.81. The Bertz CT molecular complexity index is 633. The van der Waals surface area contributed by atoms with Gasteiger partial charge in [-0.25, -0.2) is 4.79 Å². The Kier molecular flexibility index (Phi) is 3.50. The quantitative estimate of drug-likeness (QED) is 0.776. The van der Waals surface area contributed by atoms with Gasteiger partial charge in [-0.2, -0.15) is 5.10 Å². The zero-order valence-corrected chi connectivity index (χ0v) is 10.7. The number of aromatic nitrogens is 2. The van der Waals surface area contributed by atoms with E-state index in [1.54, 1.807) is 19.2 Å². The summed E-state index contributed by atoms with van der Waals surface area (Å²) in [6.45, 7) is 3.58. The van der Waals surface area contributed by atoms with Gasteiger partial charge in [0.15, 0.2) is 0 Å². The molecule has 0 spiro atoms. The number of aliphatic carboxylic acids is 1. The van der Waals surface area contributed by atoms with E-state index in [1.165, 1.54) is 0 Å². The molecule has 1 atom stereocenters. The molecule has 0 aliphatic carbocycles. The van der Waals surface area contributed by atoms with Crippen molar-refractivity contribution in [3.8, 4) is 0 Å². The molecule has 0 aliphatic rings. The SMILES string of the molecule is CCC(NC(=O)c1cc(C)cc2cn[nH]c12)C(=O)O. The number of carbonyl (C=O) groups is 2. The third kappa shape index (κ3) is 2.57. The number of amides is 1. The van der Waals surface area contributed by atoms with Crippen LogP contribution in [0.2, 0.25) is 0 Å². The monoisotopic (exact) mass is 261 g/mol. The van der Waals surface area contributed by atoms with Gasteiger partial charge in [-0.15, -0.1) is 0 Å². The summed E-state index contributed by atoms with van der Waals surface area (Å²) in [5.74, 6) is -1.45. The first-order valence-corrected chi connectivity index (χ1v) is 6.00. The lowest BCUT2D eigenvalue weighted by Crippen LogP contribution is -2.40. The van der Waals surface area contributed by atoms with Crippen molar-refractivity contribution in [3.05, 3.63) is 29.5 Å². The number of carboxylic acid groups (broad SMARTS) is 1. The van der Waals surface area contributed by atoms with E-state index < -0.39 is 17.9 Å². The molecular formula is C13H15N3O3. The molecular weight excluding hydrogens is 246 g/mol. The van der Waals surface area contributed by atoms with Crippen LogP contribution in [0.3, 0.4) is 0 Å². The van der Waals surface area contributed by atoms with E-state index >= 15 is 0 Å². The Morgan fingerprint density at radius 3 is 2.84 bits per heavy atom. The Labute approximate surface area is 109 Å². The van der Waals surface area contributed by atoms with Crippen LogP contribution in [0.25, 0.3) is 10.9 Å². The highest BCUT2D eigenvalue weighted by atomic mass is 16.4. The first-order chi connectivity index (χ1) is 9.02. The predicted molar refractivity (Wildman–Crippen MR) is 70.0 cm³/mol. The summed E-state index contributed by atoms with van der Waals surface area (Å²) in [4.78, 5) is 23.1. The van der Waals surface area contributed by atoms with Gasteiger partial charge in [0.25, 0.3) is 5.91 Å². The molecule has 3 N–H and O–H groups in total. The van der Waals surface area contributed by atoms with Crippen molar-refractivity contribution in [2.75, 3.05) is 0 Å². The van der Waals surface area contributed by atoms with Crippen molar-refractivity contribution in [1.29, 1.82) is 0 Å². The van der Waals surface area contributed by atoms with Gasteiger partial charge in [-0.3, -0.25) is 9.89 Å². The lowest BCUT2D eigenvalue weighted by molar-refractivity contribution is -0.139. The molecule has 2 aromatic rings. The lowest BCUT2D eigenvalue weighted by Gasteiger charge is -2.13. The highest BCUT2D eigenvalue weighted by Crippen LogP contribution is 2.18. The Morgan fingerprint density at radius 1 is 1.47 bits per heavy atom. The number of H-pyrrole nitrogens is 1. The first kappa shape index (κ1) is 13.1. The summed E-state index contributed by atoms with van der Waals surface area (Å²) < 4.78 is 0. The number of hydrogen-bond acceptors (Lipinski definition) is 3. The summed E-state index contributed by atoms with van der Waals surface area (Å²) >= 11 is 0. The molecule has 100 valence electrons.